The molecule has 2 aliphatic rings. The predicted molar refractivity (Wildman–Crippen MR) is 162 cm³/mol. The van der Waals surface area contributed by atoms with Crippen molar-refractivity contribution in [1.82, 2.24) is 4.90 Å². The Hall–Kier alpha value is -4.90. The molecule has 2 aliphatic heterocycles. The Kier molecular flexibility index (Phi) is 7.73. The number of methoxy groups -OCH3 is 1. The first kappa shape index (κ1) is 28.2. The summed E-state index contributed by atoms with van der Waals surface area (Å²) in [6, 6.07) is 32.9. The Balaban J connectivity index is 1.50. The highest BCUT2D eigenvalue weighted by Crippen LogP contribution is 2.46. The van der Waals surface area contributed by atoms with Gasteiger partial charge < -0.3 is 18.9 Å². The van der Waals surface area contributed by atoms with Gasteiger partial charge in [0.15, 0.2) is 22.8 Å². The van der Waals surface area contributed by atoms with Gasteiger partial charge >= 0.3 is 0 Å². The monoisotopic (exact) mass is 572 g/mol. The molecule has 7 heteroatoms. The van der Waals surface area contributed by atoms with E-state index in [1.165, 1.54) is 4.90 Å². The summed E-state index contributed by atoms with van der Waals surface area (Å²) in [7, 11) is 1.59. The van der Waals surface area contributed by atoms with Crippen molar-refractivity contribution in [2.45, 2.75) is 31.3 Å². The second-order valence-corrected chi connectivity index (χ2v) is 10.7. The van der Waals surface area contributed by atoms with E-state index in [1.54, 1.807) is 25.4 Å². The maximum absolute atomic E-state index is 14.1. The smallest absolute Gasteiger partial charge is 0.259 e. The van der Waals surface area contributed by atoms with Gasteiger partial charge in [0, 0.05) is 29.3 Å². The largest absolute Gasteiger partial charge is 0.493 e. The fourth-order valence-electron chi connectivity index (χ4n) is 5.85. The first-order valence-electron chi connectivity index (χ1n) is 14.2. The first-order chi connectivity index (χ1) is 21.0. The molecular formula is C36H32N2O5. The standard InChI is InChI=1S/C36H32N2O5/c1-35(42-19-20-43-35)30-16-10-9-15-29(30)23-36(25-37)31-22-33(41-24-26-11-5-3-6-12-26)32(40-2)21-28(31)17-18-38(36)34(39)27-13-7-4-8-14-27/h3-18,21-22H,19-20,23-24H2,1-2H3. The van der Waals surface area contributed by atoms with E-state index in [2.05, 4.69) is 6.07 Å². The molecule has 216 valence electrons. The number of ether oxygens (including phenoxy) is 4. The molecule has 4 aromatic carbocycles. The zero-order chi connectivity index (χ0) is 29.9. The van der Waals surface area contributed by atoms with E-state index >= 15 is 0 Å². The average molecular weight is 573 g/mol. The van der Waals surface area contributed by atoms with Crippen LogP contribution in [0, 0.1) is 11.3 Å². The molecule has 43 heavy (non-hydrogen) atoms. The number of carbonyl (C=O) groups is 1. The van der Waals surface area contributed by atoms with Crippen molar-refractivity contribution in [2.24, 2.45) is 0 Å². The molecule has 7 nitrogen and oxygen atoms in total. The number of hydrogen-bond acceptors (Lipinski definition) is 6. The van der Waals surface area contributed by atoms with Crippen molar-refractivity contribution in [3.05, 3.63) is 137 Å². The Morgan fingerprint density at radius 1 is 0.907 bits per heavy atom. The van der Waals surface area contributed by atoms with Crippen molar-refractivity contribution in [2.75, 3.05) is 20.3 Å². The van der Waals surface area contributed by atoms with Crippen LogP contribution in [0.1, 0.15) is 45.1 Å². The Morgan fingerprint density at radius 2 is 1.58 bits per heavy atom. The van der Waals surface area contributed by atoms with Crippen molar-refractivity contribution >= 4 is 12.0 Å². The molecule has 0 aromatic heterocycles. The highest BCUT2D eigenvalue weighted by Gasteiger charge is 2.47. The molecule has 6 rings (SSSR count). The predicted octanol–water partition coefficient (Wildman–Crippen LogP) is 6.58. The summed E-state index contributed by atoms with van der Waals surface area (Å²) in [6.07, 6.45) is 3.71. The molecule has 1 unspecified atom stereocenters. The van der Waals surface area contributed by atoms with Crippen LogP contribution in [0.5, 0.6) is 11.5 Å². The number of rotatable bonds is 8. The van der Waals surface area contributed by atoms with Crippen molar-refractivity contribution in [3.63, 3.8) is 0 Å². The molecule has 0 saturated carbocycles. The number of amides is 1. The third kappa shape index (κ3) is 5.27. The summed E-state index contributed by atoms with van der Waals surface area (Å²) in [4.78, 5) is 15.7. The van der Waals surface area contributed by atoms with Gasteiger partial charge in [-0.3, -0.25) is 9.69 Å². The van der Waals surface area contributed by atoms with E-state index in [0.29, 0.717) is 42.4 Å². The molecule has 1 fully saturated rings. The van der Waals surface area contributed by atoms with Crippen molar-refractivity contribution in [1.29, 1.82) is 5.26 Å². The van der Waals surface area contributed by atoms with Crippen LogP contribution < -0.4 is 9.47 Å². The lowest BCUT2D eigenvalue weighted by molar-refractivity contribution is -0.150. The SMILES string of the molecule is COc1cc2c(cc1OCc1ccccc1)C(C#N)(Cc1ccccc1C1(C)OCCO1)N(C(=O)c1ccccc1)C=C2. The third-order valence-electron chi connectivity index (χ3n) is 8.05. The second-order valence-electron chi connectivity index (χ2n) is 10.7. The van der Waals surface area contributed by atoms with Crippen molar-refractivity contribution < 1.29 is 23.7 Å². The van der Waals surface area contributed by atoms with Crippen LogP contribution >= 0.6 is 0 Å². The fraction of sp³-hybridized carbons (Fsp3) is 0.222. The number of carbonyl (C=O) groups excluding carboxylic acids is 1. The van der Waals surface area contributed by atoms with Gasteiger partial charge in [-0.2, -0.15) is 5.26 Å². The fourth-order valence-corrected chi connectivity index (χ4v) is 5.85. The lowest BCUT2D eigenvalue weighted by atomic mass is 9.77. The summed E-state index contributed by atoms with van der Waals surface area (Å²) >= 11 is 0. The van der Waals surface area contributed by atoms with Gasteiger partial charge in [-0.25, -0.2) is 0 Å². The second kappa shape index (κ2) is 11.8. The summed E-state index contributed by atoms with van der Waals surface area (Å²) in [6.45, 7) is 3.15. The third-order valence-corrected chi connectivity index (χ3v) is 8.05. The maximum Gasteiger partial charge on any atom is 0.259 e. The molecule has 0 spiro atoms. The molecule has 1 saturated heterocycles. The number of fused-ring (bicyclic) bond motifs is 1. The number of hydrogen-bond donors (Lipinski definition) is 0. The molecule has 4 aromatic rings. The molecular weight excluding hydrogens is 540 g/mol. The van der Waals surface area contributed by atoms with Crippen LogP contribution in [0.25, 0.3) is 6.08 Å². The average Bonchev–Trinajstić information content (AvgIpc) is 3.51. The summed E-state index contributed by atoms with van der Waals surface area (Å²) < 4.78 is 24.0. The number of nitrogens with zero attached hydrogens (tertiary/aromatic N) is 2. The van der Waals surface area contributed by atoms with Gasteiger partial charge in [-0.15, -0.1) is 0 Å². The number of nitriles is 1. The van der Waals surface area contributed by atoms with Crippen molar-refractivity contribution in [3.8, 4) is 17.6 Å². The highest BCUT2D eigenvalue weighted by molar-refractivity contribution is 5.97. The molecule has 2 heterocycles. The van der Waals surface area contributed by atoms with Crippen LogP contribution in [-0.2, 0) is 33.8 Å². The van der Waals surface area contributed by atoms with Gasteiger partial charge in [0.2, 0.25) is 0 Å². The van der Waals surface area contributed by atoms with Gasteiger partial charge in [0.1, 0.15) is 6.61 Å². The topological polar surface area (TPSA) is 81.0 Å². The number of benzene rings is 4. The molecule has 0 bridgehead atoms. The van der Waals surface area contributed by atoms with Crippen LogP contribution in [0.4, 0.5) is 0 Å². The maximum atomic E-state index is 14.1. The summed E-state index contributed by atoms with van der Waals surface area (Å²) in [5.74, 6) is -0.230. The molecule has 1 amide bonds. The van der Waals surface area contributed by atoms with Crippen LogP contribution in [0.2, 0.25) is 0 Å². The van der Waals surface area contributed by atoms with E-state index < -0.39 is 11.3 Å². The van der Waals surface area contributed by atoms with E-state index in [9.17, 15) is 10.1 Å². The zero-order valence-corrected chi connectivity index (χ0v) is 24.2. The minimum absolute atomic E-state index is 0.183. The zero-order valence-electron chi connectivity index (χ0n) is 24.2. The summed E-state index contributed by atoms with van der Waals surface area (Å²) in [5.41, 5.74) is 3.10. The van der Waals surface area contributed by atoms with E-state index in [4.69, 9.17) is 18.9 Å². The van der Waals surface area contributed by atoms with E-state index in [-0.39, 0.29) is 12.3 Å². The van der Waals surface area contributed by atoms with Gasteiger partial charge in [0.25, 0.3) is 5.91 Å². The Labute approximate surface area is 251 Å². The van der Waals surface area contributed by atoms with E-state index in [1.807, 2.05) is 97.9 Å². The van der Waals surface area contributed by atoms with Gasteiger partial charge in [0.05, 0.1) is 26.4 Å². The molecule has 0 aliphatic carbocycles. The molecule has 1 atom stereocenters. The van der Waals surface area contributed by atoms with E-state index in [0.717, 1.165) is 22.3 Å². The van der Waals surface area contributed by atoms with Crippen LogP contribution in [-0.4, -0.2) is 31.1 Å². The minimum atomic E-state index is -1.43. The molecule has 0 N–H and O–H groups in total. The normalized spacial score (nSPS) is 18.5. The lowest BCUT2D eigenvalue weighted by Crippen LogP contribution is -2.49. The minimum Gasteiger partial charge on any atom is -0.493 e. The Bertz CT molecular complexity index is 1690. The van der Waals surface area contributed by atoms with Crippen LogP contribution in [0.3, 0.4) is 0 Å². The highest BCUT2D eigenvalue weighted by atomic mass is 16.7. The van der Waals surface area contributed by atoms with Gasteiger partial charge in [-0.1, -0.05) is 72.8 Å². The van der Waals surface area contributed by atoms with Crippen LogP contribution in [0.15, 0.2) is 103 Å². The Morgan fingerprint density at radius 3 is 2.28 bits per heavy atom. The quantitative estimate of drug-likeness (QED) is 0.237. The first-order valence-corrected chi connectivity index (χ1v) is 14.2. The molecule has 0 radical (unpaired) electrons. The summed E-state index contributed by atoms with van der Waals surface area (Å²) in [5, 5.41) is 11.1. The van der Waals surface area contributed by atoms with Gasteiger partial charge in [-0.05, 0) is 54.0 Å². The lowest BCUT2D eigenvalue weighted by Gasteiger charge is -2.41.